The summed E-state index contributed by atoms with van der Waals surface area (Å²) in [6, 6.07) is 0. The van der Waals surface area contributed by atoms with Crippen molar-refractivity contribution in [2.75, 3.05) is 19.7 Å². The normalized spacial score (nSPS) is 12.9. The second-order valence-corrected chi connectivity index (χ2v) is 1.92. The van der Waals surface area contributed by atoms with Gasteiger partial charge in [0.2, 0.25) is 6.23 Å². The lowest BCUT2D eigenvalue weighted by Crippen LogP contribution is -2.41. The summed E-state index contributed by atoms with van der Waals surface area (Å²) in [5, 5.41) is 11.1. The van der Waals surface area contributed by atoms with E-state index in [0.29, 0.717) is 19.7 Å². The lowest BCUT2D eigenvalue weighted by atomic mass is 10.5. The van der Waals surface area contributed by atoms with Crippen LogP contribution in [0, 0.1) is 0 Å². The zero-order valence-corrected chi connectivity index (χ0v) is 6.54. The van der Waals surface area contributed by atoms with Gasteiger partial charge in [-0.25, -0.2) is 4.79 Å². The first-order valence-electron chi connectivity index (χ1n) is 3.50. The molecular formula is C6H14N2O3. The highest BCUT2D eigenvalue weighted by atomic mass is 16.5. The average molecular weight is 162 g/mol. The number of carbonyl (C=O) groups is 1. The van der Waals surface area contributed by atoms with Crippen LogP contribution in [0.1, 0.15) is 6.92 Å². The van der Waals surface area contributed by atoms with Crippen LogP contribution in [0.2, 0.25) is 0 Å². The third kappa shape index (κ3) is 4.72. The minimum absolute atomic E-state index is 0.370. The first-order chi connectivity index (χ1) is 5.22. The van der Waals surface area contributed by atoms with Crippen LogP contribution in [0.4, 0.5) is 0 Å². The predicted molar refractivity (Wildman–Crippen MR) is 40.1 cm³/mol. The van der Waals surface area contributed by atoms with Crippen LogP contribution in [0.5, 0.6) is 0 Å². The van der Waals surface area contributed by atoms with Crippen molar-refractivity contribution in [1.29, 1.82) is 0 Å². The van der Waals surface area contributed by atoms with Gasteiger partial charge in [0.1, 0.15) is 0 Å². The van der Waals surface area contributed by atoms with E-state index in [1.54, 1.807) is 6.92 Å². The van der Waals surface area contributed by atoms with Crippen molar-refractivity contribution in [2.24, 2.45) is 5.73 Å². The Bertz CT molecular complexity index is 118. The smallest absolute Gasteiger partial charge is 0.348 e. The van der Waals surface area contributed by atoms with E-state index in [1.165, 1.54) is 0 Å². The number of hydrogen-bond acceptors (Lipinski definition) is 4. The predicted octanol–water partition coefficient (Wildman–Crippen LogP) is -1.02. The van der Waals surface area contributed by atoms with Crippen LogP contribution in [0.3, 0.4) is 0 Å². The maximum atomic E-state index is 10.4. The number of carboxylic acids is 1. The molecule has 0 aromatic heterocycles. The standard InChI is InChI=1S/C6H14N2O3/c1-2-11-5(6(9)10)8-4-3-7/h5,8H,2-4,7H2,1H3,(H,9,10). The van der Waals surface area contributed by atoms with Gasteiger partial charge >= 0.3 is 5.97 Å². The Morgan fingerprint density at radius 3 is 2.82 bits per heavy atom. The number of hydrogen-bond donors (Lipinski definition) is 3. The lowest BCUT2D eigenvalue weighted by molar-refractivity contribution is -0.152. The van der Waals surface area contributed by atoms with Crippen LogP contribution < -0.4 is 11.1 Å². The summed E-state index contributed by atoms with van der Waals surface area (Å²) < 4.78 is 4.84. The molecular weight excluding hydrogens is 148 g/mol. The Labute approximate surface area is 65.5 Å². The fraction of sp³-hybridized carbons (Fsp3) is 0.833. The first-order valence-corrected chi connectivity index (χ1v) is 3.50. The molecule has 66 valence electrons. The van der Waals surface area contributed by atoms with Crippen LogP contribution >= 0.6 is 0 Å². The molecule has 0 bridgehead atoms. The number of aliphatic carboxylic acids is 1. The van der Waals surface area contributed by atoms with Gasteiger partial charge in [-0.1, -0.05) is 0 Å². The van der Waals surface area contributed by atoms with E-state index < -0.39 is 12.2 Å². The minimum Gasteiger partial charge on any atom is -0.478 e. The van der Waals surface area contributed by atoms with Crippen molar-refractivity contribution >= 4 is 5.97 Å². The number of carboxylic acid groups (broad SMARTS) is 1. The molecule has 0 saturated heterocycles. The van der Waals surface area contributed by atoms with Gasteiger partial charge in [0.15, 0.2) is 0 Å². The number of rotatable bonds is 6. The van der Waals surface area contributed by atoms with Crippen LogP contribution in [0.15, 0.2) is 0 Å². The Balaban J connectivity index is 3.60. The molecule has 0 saturated carbocycles. The van der Waals surface area contributed by atoms with E-state index in [2.05, 4.69) is 5.32 Å². The summed E-state index contributed by atoms with van der Waals surface area (Å²) in [5.41, 5.74) is 5.16. The lowest BCUT2D eigenvalue weighted by Gasteiger charge is -2.12. The molecule has 0 spiro atoms. The fourth-order valence-corrected chi connectivity index (χ4v) is 0.599. The van der Waals surface area contributed by atoms with E-state index in [1.807, 2.05) is 0 Å². The second-order valence-electron chi connectivity index (χ2n) is 1.92. The van der Waals surface area contributed by atoms with Gasteiger partial charge in [-0.15, -0.1) is 0 Å². The fourth-order valence-electron chi connectivity index (χ4n) is 0.599. The Morgan fingerprint density at radius 1 is 1.82 bits per heavy atom. The molecule has 0 heterocycles. The minimum atomic E-state index is -1.01. The maximum absolute atomic E-state index is 10.4. The van der Waals surface area contributed by atoms with Gasteiger partial charge in [0, 0.05) is 19.7 Å². The summed E-state index contributed by atoms with van der Waals surface area (Å²) in [4.78, 5) is 10.4. The monoisotopic (exact) mass is 162 g/mol. The zero-order valence-electron chi connectivity index (χ0n) is 6.54. The zero-order chi connectivity index (χ0) is 8.69. The third-order valence-corrected chi connectivity index (χ3v) is 1.03. The van der Waals surface area contributed by atoms with E-state index in [4.69, 9.17) is 15.6 Å². The largest absolute Gasteiger partial charge is 0.478 e. The van der Waals surface area contributed by atoms with Crippen molar-refractivity contribution < 1.29 is 14.6 Å². The molecule has 1 atom stereocenters. The Kier molecular flexibility index (Phi) is 5.73. The summed E-state index contributed by atoms with van der Waals surface area (Å²) in [6.07, 6.45) is -0.927. The number of nitrogens with one attached hydrogen (secondary N) is 1. The summed E-state index contributed by atoms with van der Waals surface area (Å²) in [7, 11) is 0. The molecule has 0 aromatic carbocycles. The highest BCUT2D eigenvalue weighted by molar-refractivity contribution is 5.71. The molecule has 5 heteroatoms. The molecule has 0 amide bonds. The van der Waals surface area contributed by atoms with E-state index >= 15 is 0 Å². The first kappa shape index (κ1) is 10.3. The van der Waals surface area contributed by atoms with Gasteiger partial charge in [0.05, 0.1) is 0 Å². The highest BCUT2D eigenvalue weighted by Crippen LogP contribution is 1.85. The van der Waals surface area contributed by atoms with Crippen LogP contribution in [0.25, 0.3) is 0 Å². The van der Waals surface area contributed by atoms with Gasteiger partial charge in [-0.2, -0.15) is 0 Å². The van der Waals surface area contributed by atoms with Gasteiger partial charge < -0.3 is 15.6 Å². The van der Waals surface area contributed by atoms with Gasteiger partial charge in [-0.05, 0) is 6.92 Å². The van der Waals surface area contributed by atoms with Crippen molar-refractivity contribution in [3.8, 4) is 0 Å². The second kappa shape index (κ2) is 6.09. The highest BCUT2D eigenvalue weighted by Gasteiger charge is 2.14. The molecule has 0 rings (SSSR count). The molecule has 0 radical (unpaired) electrons. The van der Waals surface area contributed by atoms with Crippen molar-refractivity contribution in [2.45, 2.75) is 13.2 Å². The molecule has 11 heavy (non-hydrogen) atoms. The Hall–Kier alpha value is -0.650. The topological polar surface area (TPSA) is 84.6 Å². The third-order valence-electron chi connectivity index (χ3n) is 1.03. The van der Waals surface area contributed by atoms with Crippen molar-refractivity contribution in [1.82, 2.24) is 5.32 Å². The summed E-state index contributed by atoms with van der Waals surface area (Å²) in [5.74, 6) is -1.01. The van der Waals surface area contributed by atoms with E-state index in [9.17, 15) is 4.79 Å². The molecule has 0 fully saturated rings. The molecule has 0 aliphatic heterocycles. The average Bonchev–Trinajstić information content (AvgIpc) is 1.97. The molecule has 1 unspecified atom stereocenters. The molecule has 0 aromatic rings. The quantitative estimate of drug-likeness (QED) is 0.435. The van der Waals surface area contributed by atoms with Gasteiger partial charge in [-0.3, -0.25) is 5.32 Å². The molecule has 5 nitrogen and oxygen atoms in total. The van der Waals surface area contributed by atoms with Crippen LogP contribution in [-0.2, 0) is 9.53 Å². The van der Waals surface area contributed by atoms with Crippen LogP contribution in [-0.4, -0.2) is 37.0 Å². The van der Waals surface area contributed by atoms with Crippen molar-refractivity contribution in [3.05, 3.63) is 0 Å². The maximum Gasteiger partial charge on any atom is 0.348 e. The Morgan fingerprint density at radius 2 is 2.45 bits per heavy atom. The number of nitrogens with two attached hydrogens (primary N) is 1. The molecule has 0 aliphatic rings. The molecule has 0 aliphatic carbocycles. The number of ether oxygens (including phenoxy) is 1. The summed E-state index contributed by atoms with van der Waals surface area (Å²) >= 11 is 0. The van der Waals surface area contributed by atoms with E-state index in [0.717, 1.165) is 0 Å². The SMILES string of the molecule is CCOC(NCCN)C(=O)O. The summed E-state index contributed by atoms with van der Waals surface area (Å²) in [6.45, 7) is 2.95. The van der Waals surface area contributed by atoms with Crippen molar-refractivity contribution in [3.63, 3.8) is 0 Å². The van der Waals surface area contributed by atoms with Gasteiger partial charge in [0.25, 0.3) is 0 Å². The van der Waals surface area contributed by atoms with E-state index in [-0.39, 0.29) is 0 Å². The molecule has 4 N–H and O–H groups in total.